The molecule has 3 fully saturated rings. The third-order valence-corrected chi connectivity index (χ3v) is 7.82. The molecule has 7 unspecified atom stereocenters. The summed E-state index contributed by atoms with van der Waals surface area (Å²) in [4.78, 5) is 12.4. The van der Waals surface area contributed by atoms with Crippen LogP contribution in [0.25, 0.3) is 0 Å². The zero-order valence-electron chi connectivity index (χ0n) is 13.9. The van der Waals surface area contributed by atoms with Gasteiger partial charge in [0, 0.05) is 17.3 Å². The highest BCUT2D eigenvalue weighted by molar-refractivity contribution is 5.87. The van der Waals surface area contributed by atoms with Gasteiger partial charge in [0.15, 0.2) is 0 Å². The number of rotatable bonds is 1. The average Bonchev–Trinajstić information content (AvgIpc) is 2.83. The summed E-state index contributed by atoms with van der Waals surface area (Å²) in [6, 6.07) is 0. The Bertz CT molecular complexity index is 556. The van der Waals surface area contributed by atoms with Crippen molar-refractivity contribution in [3.63, 3.8) is 0 Å². The third kappa shape index (κ3) is 1.98. The molecule has 0 aliphatic heterocycles. The van der Waals surface area contributed by atoms with Crippen LogP contribution in [0.15, 0.2) is 11.6 Å². The van der Waals surface area contributed by atoms with E-state index in [-0.39, 0.29) is 41.3 Å². The maximum atomic E-state index is 12.4. The molecule has 3 N–H and O–H groups in total. The van der Waals surface area contributed by atoms with Gasteiger partial charge >= 0.3 is 0 Å². The molecule has 0 bridgehead atoms. The first-order valence-corrected chi connectivity index (χ1v) is 9.14. The number of aliphatic hydroxyl groups excluding tert-OH is 3. The first-order chi connectivity index (χ1) is 10.9. The van der Waals surface area contributed by atoms with Crippen molar-refractivity contribution in [3.05, 3.63) is 11.6 Å². The summed E-state index contributed by atoms with van der Waals surface area (Å²) in [5.74, 6) is 0.905. The minimum absolute atomic E-state index is 0.0753. The Morgan fingerprint density at radius 3 is 2.70 bits per heavy atom. The average molecular weight is 320 g/mol. The van der Waals surface area contributed by atoms with E-state index in [1.165, 1.54) is 0 Å². The quantitative estimate of drug-likeness (QED) is 0.644. The molecule has 0 amide bonds. The van der Waals surface area contributed by atoms with Gasteiger partial charge in [0.2, 0.25) is 0 Å². The molecule has 4 heteroatoms. The number of carbonyl (C=O) groups excluding carboxylic acids is 1. The van der Waals surface area contributed by atoms with Crippen molar-refractivity contribution in [2.45, 2.75) is 64.1 Å². The van der Waals surface area contributed by atoms with Gasteiger partial charge in [-0.05, 0) is 56.3 Å². The molecular weight excluding hydrogens is 292 g/mol. The summed E-state index contributed by atoms with van der Waals surface area (Å²) in [5, 5.41) is 31.1. The molecule has 0 saturated heterocycles. The summed E-state index contributed by atoms with van der Waals surface area (Å²) >= 11 is 0. The molecule has 4 aliphatic carbocycles. The number of fused-ring (bicyclic) bond motifs is 5. The lowest BCUT2D eigenvalue weighted by Crippen LogP contribution is -2.56. The van der Waals surface area contributed by atoms with Crippen LogP contribution in [-0.4, -0.2) is 39.9 Å². The number of Topliss-reactive ketones (excluding diaryl/α,β-unsaturated/α-hetero) is 1. The van der Waals surface area contributed by atoms with E-state index >= 15 is 0 Å². The smallest absolute Gasteiger partial charge is 0.139 e. The molecule has 7 atom stereocenters. The molecule has 0 radical (unpaired) electrons. The van der Waals surface area contributed by atoms with Crippen molar-refractivity contribution in [2.75, 3.05) is 6.61 Å². The first kappa shape index (κ1) is 15.8. The maximum Gasteiger partial charge on any atom is 0.139 e. The van der Waals surface area contributed by atoms with E-state index in [0.29, 0.717) is 18.6 Å². The first-order valence-electron chi connectivity index (χ1n) is 9.14. The summed E-state index contributed by atoms with van der Waals surface area (Å²) in [5.41, 5.74) is 0.495. The molecule has 128 valence electrons. The largest absolute Gasteiger partial charge is 0.395 e. The van der Waals surface area contributed by atoms with Crippen LogP contribution >= 0.6 is 0 Å². The van der Waals surface area contributed by atoms with Crippen LogP contribution in [0.4, 0.5) is 0 Å². The number of hydrogen-bond acceptors (Lipinski definition) is 4. The van der Waals surface area contributed by atoms with Gasteiger partial charge in [0.05, 0.1) is 18.8 Å². The molecule has 3 saturated carbocycles. The van der Waals surface area contributed by atoms with Crippen LogP contribution in [0.5, 0.6) is 0 Å². The molecule has 0 aromatic rings. The Morgan fingerprint density at radius 2 is 1.96 bits per heavy atom. The van der Waals surface area contributed by atoms with E-state index in [1.54, 1.807) is 0 Å². The van der Waals surface area contributed by atoms with Crippen molar-refractivity contribution in [1.29, 1.82) is 0 Å². The SMILES string of the molecule is CC12CCC3C(C(O)C=C4CC(O)CCC43CO)C1CCC2=O. The monoisotopic (exact) mass is 320 g/mol. The number of carbonyl (C=O) groups is 1. The molecule has 0 heterocycles. The van der Waals surface area contributed by atoms with Crippen molar-refractivity contribution in [2.24, 2.45) is 28.6 Å². The molecule has 4 rings (SSSR count). The standard InChI is InChI=1S/C19H28O4/c1-18-6-5-14-17(13(18)2-3-16(18)23)15(22)9-11-8-12(21)4-7-19(11,14)10-20/h9,12-15,17,20-22H,2-8,10H2,1H3. The maximum absolute atomic E-state index is 12.4. The van der Waals surface area contributed by atoms with Gasteiger partial charge in [0.25, 0.3) is 0 Å². The van der Waals surface area contributed by atoms with Crippen molar-refractivity contribution in [3.8, 4) is 0 Å². The zero-order chi connectivity index (χ0) is 16.4. The van der Waals surface area contributed by atoms with Gasteiger partial charge in [-0.15, -0.1) is 0 Å². The van der Waals surface area contributed by atoms with E-state index in [2.05, 4.69) is 6.92 Å². The Morgan fingerprint density at radius 1 is 1.17 bits per heavy atom. The van der Waals surface area contributed by atoms with E-state index in [9.17, 15) is 20.1 Å². The topological polar surface area (TPSA) is 77.8 Å². The fraction of sp³-hybridized carbons (Fsp3) is 0.842. The Balaban J connectivity index is 1.77. The minimum atomic E-state index is -0.546. The van der Waals surface area contributed by atoms with Gasteiger partial charge in [-0.25, -0.2) is 0 Å². The van der Waals surface area contributed by atoms with Crippen LogP contribution < -0.4 is 0 Å². The highest BCUT2D eigenvalue weighted by Crippen LogP contribution is 2.63. The predicted molar refractivity (Wildman–Crippen MR) is 85.5 cm³/mol. The van der Waals surface area contributed by atoms with E-state index < -0.39 is 6.10 Å². The number of ketones is 1. The molecule has 0 aromatic heterocycles. The van der Waals surface area contributed by atoms with Crippen molar-refractivity contribution < 1.29 is 20.1 Å². The second-order valence-corrected chi connectivity index (χ2v) is 8.60. The van der Waals surface area contributed by atoms with E-state index in [1.807, 2.05) is 6.08 Å². The Kier molecular flexibility index (Phi) is 3.53. The molecular formula is C19H28O4. The lowest BCUT2D eigenvalue weighted by atomic mass is 9.47. The Hall–Kier alpha value is -0.710. The van der Waals surface area contributed by atoms with Gasteiger partial charge in [-0.2, -0.15) is 0 Å². The summed E-state index contributed by atoms with van der Waals surface area (Å²) in [6.07, 6.45) is 6.38. The lowest BCUT2D eigenvalue weighted by Gasteiger charge is -2.58. The molecule has 4 aliphatic rings. The second-order valence-electron chi connectivity index (χ2n) is 8.60. The van der Waals surface area contributed by atoms with Gasteiger partial charge in [-0.1, -0.05) is 18.6 Å². The fourth-order valence-electron chi connectivity index (χ4n) is 6.50. The fourth-order valence-corrected chi connectivity index (χ4v) is 6.50. The van der Waals surface area contributed by atoms with Gasteiger partial charge in [0.1, 0.15) is 5.78 Å². The third-order valence-electron chi connectivity index (χ3n) is 7.82. The highest BCUT2D eigenvalue weighted by atomic mass is 16.3. The van der Waals surface area contributed by atoms with Gasteiger partial charge < -0.3 is 15.3 Å². The molecule has 4 nitrogen and oxygen atoms in total. The Labute approximate surface area is 137 Å². The van der Waals surface area contributed by atoms with Gasteiger partial charge in [-0.3, -0.25) is 4.79 Å². The molecule has 23 heavy (non-hydrogen) atoms. The van der Waals surface area contributed by atoms with Crippen molar-refractivity contribution >= 4 is 5.78 Å². The van der Waals surface area contributed by atoms with Crippen LogP contribution in [-0.2, 0) is 4.79 Å². The highest BCUT2D eigenvalue weighted by Gasteiger charge is 2.61. The summed E-state index contributed by atoms with van der Waals surface area (Å²) < 4.78 is 0. The molecule has 0 aromatic carbocycles. The zero-order valence-corrected chi connectivity index (χ0v) is 13.9. The summed E-state index contributed by atoms with van der Waals surface area (Å²) in [6.45, 7) is 2.18. The molecule has 0 spiro atoms. The predicted octanol–water partition coefficient (Wildman–Crippen LogP) is 1.82. The van der Waals surface area contributed by atoms with Crippen LogP contribution in [0.1, 0.15) is 51.9 Å². The summed E-state index contributed by atoms with van der Waals surface area (Å²) in [7, 11) is 0. The van der Waals surface area contributed by atoms with Crippen LogP contribution in [0, 0.1) is 28.6 Å². The van der Waals surface area contributed by atoms with Crippen LogP contribution in [0.3, 0.4) is 0 Å². The van der Waals surface area contributed by atoms with Crippen molar-refractivity contribution in [1.82, 2.24) is 0 Å². The normalized spacial score (nSPS) is 52.4. The lowest BCUT2D eigenvalue weighted by molar-refractivity contribution is -0.138. The van der Waals surface area contributed by atoms with Crippen LogP contribution in [0.2, 0.25) is 0 Å². The minimum Gasteiger partial charge on any atom is -0.395 e. The second kappa shape index (κ2) is 5.14. The number of aliphatic hydroxyl groups is 3. The van der Waals surface area contributed by atoms with E-state index in [4.69, 9.17) is 0 Å². The number of hydrogen-bond donors (Lipinski definition) is 3. The van der Waals surface area contributed by atoms with E-state index in [0.717, 1.165) is 37.7 Å².